The number of thiophene rings is 1. The zero-order chi connectivity index (χ0) is 21.2. The van der Waals surface area contributed by atoms with Gasteiger partial charge < -0.3 is 15.2 Å². The first kappa shape index (κ1) is 20.1. The van der Waals surface area contributed by atoms with Crippen molar-refractivity contribution >= 4 is 27.2 Å². The number of benzene rings is 1. The van der Waals surface area contributed by atoms with Gasteiger partial charge in [0, 0.05) is 23.6 Å². The van der Waals surface area contributed by atoms with E-state index in [0.29, 0.717) is 30.9 Å². The van der Waals surface area contributed by atoms with E-state index < -0.39 is 0 Å². The van der Waals surface area contributed by atoms with Gasteiger partial charge in [-0.15, -0.1) is 11.3 Å². The highest BCUT2D eigenvalue weighted by molar-refractivity contribution is 7.22. The van der Waals surface area contributed by atoms with Gasteiger partial charge in [-0.3, -0.25) is 9.97 Å². The van der Waals surface area contributed by atoms with Gasteiger partial charge >= 0.3 is 0 Å². The number of nitrogens with two attached hydrogens (primary N) is 1. The normalized spacial score (nSPS) is 14.9. The van der Waals surface area contributed by atoms with Crippen LogP contribution in [0.3, 0.4) is 0 Å². The van der Waals surface area contributed by atoms with Crippen LogP contribution in [0.1, 0.15) is 29.4 Å². The summed E-state index contributed by atoms with van der Waals surface area (Å²) in [6, 6.07) is 12.9. The van der Waals surface area contributed by atoms with Crippen LogP contribution in [-0.4, -0.2) is 23.2 Å². The lowest BCUT2D eigenvalue weighted by molar-refractivity contribution is -0.183. The smallest absolute Gasteiger partial charge is 0.185 e. The molecule has 1 aromatic carbocycles. The van der Waals surface area contributed by atoms with E-state index in [9.17, 15) is 4.39 Å². The Labute approximate surface area is 183 Å². The Morgan fingerprint density at radius 3 is 2.61 bits per heavy atom. The van der Waals surface area contributed by atoms with Crippen molar-refractivity contribution in [2.45, 2.75) is 25.6 Å². The first-order chi connectivity index (χ1) is 15.2. The molecule has 0 atom stereocenters. The van der Waals surface area contributed by atoms with Gasteiger partial charge in [-0.1, -0.05) is 12.1 Å². The molecule has 0 unspecified atom stereocenters. The SMILES string of the molecule is Nc1ccc(CCc2ccnc3cc(-c4ccc(C5OCCCO5)cn4)sc23)c(F)c1. The van der Waals surface area contributed by atoms with E-state index in [1.54, 1.807) is 23.5 Å². The van der Waals surface area contributed by atoms with Gasteiger partial charge in [0.15, 0.2) is 6.29 Å². The van der Waals surface area contributed by atoms with Crippen LogP contribution in [0.15, 0.2) is 54.9 Å². The topological polar surface area (TPSA) is 70.3 Å². The Kier molecular flexibility index (Phi) is 5.63. The molecule has 7 heteroatoms. The number of pyridine rings is 2. The highest BCUT2D eigenvalue weighted by atomic mass is 32.1. The lowest BCUT2D eigenvalue weighted by Crippen LogP contribution is -2.17. The Morgan fingerprint density at radius 2 is 1.84 bits per heavy atom. The number of nitrogens with zero attached hydrogens (tertiary/aromatic N) is 2. The van der Waals surface area contributed by atoms with Crippen molar-refractivity contribution in [3.8, 4) is 10.6 Å². The van der Waals surface area contributed by atoms with Crippen molar-refractivity contribution in [2.24, 2.45) is 0 Å². The van der Waals surface area contributed by atoms with Crippen LogP contribution in [0.5, 0.6) is 0 Å². The predicted octanol–water partition coefficient (Wildman–Crippen LogP) is 5.30. The van der Waals surface area contributed by atoms with Crippen molar-refractivity contribution in [1.29, 1.82) is 0 Å². The summed E-state index contributed by atoms with van der Waals surface area (Å²) in [4.78, 5) is 10.2. The molecule has 0 amide bonds. The molecule has 0 aliphatic carbocycles. The quantitative estimate of drug-likeness (QED) is 0.431. The molecule has 0 saturated carbocycles. The van der Waals surface area contributed by atoms with Crippen molar-refractivity contribution in [3.63, 3.8) is 0 Å². The van der Waals surface area contributed by atoms with Gasteiger partial charge in [-0.25, -0.2) is 4.39 Å². The molecule has 4 heterocycles. The third kappa shape index (κ3) is 4.30. The summed E-state index contributed by atoms with van der Waals surface area (Å²) in [6.45, 7) is 1.41. The lowest BCUT2D eigenvalue weighted by atomic mass is 10.0. The second-order valence-corrected chi connectivity index (χ2v) is 8.60. The second-order valence-electron chi connectivity index (χ2n) is 7.55. The van der Waals surface area contributed by atoms with Crippen molar-refractivity contribution in [3.05, 3.63) is 77.4 Å². The zero-order valence-electron chi connectivity index (χ0n) is 16.9. The van der Waals surface area contributed by atoms with Gasteiger partial charge in [0.05, 0.1) is 34.0 Å². The first-order valence-corrected chi connectivity index (χ1v) is 11.1. The minimum atomic E-state index is -0.334. The maximum atomic E-state index is 14.1. The maximum absolute atomic E-state index is 14.1. The highest BCUT2D eigenvalue weighted by Gasteiger charge is 2.17. The standard InChI is InChI=1S/C24H22FN3O2S/c25-19-12-18(26)6-4-15(19)2-3-16-8-9-27-21-13-22(31-23(16)21)20-7-5-17(14-28-20)24-29-10-1-11-30-24/h4-9,12-14,24H,1-3,10-11,26H2. The number of nitrogen functional groups attached to an aromatic ring is 1. The molecule has 5 rings (SSSR count). The van der Waals surface area contributed by atoms with Crippen LogP contribution in [-0.2, 0) is 22.3 Å². The van der Waals surface area contributed by atoms with Gasteiger partial charge in [-0.05, 0) is 60.7 Å². The third-order valence-electron chi connectivity index (χ3n) is 5.37. The third-order valence-corrected chi connectivity index (χ3v) is 6.59. The van der Waals surface area contributed by atoms with E-state index in [0.717, 1.165) is 44.8 Å². The molecule has 0 bridgehead atoms. The van der Waals surface area contributed by atoms with E-state index in [-0.39, 0.29) is 12.1 Å². The average molecular weight is 436 g/mol. The Hall–Kier alpha value is -2.87. The van der Waals surface area contributed by atoms with Crippen molar-refractivity contribution in [1.82, 2.24) is 9.97 Å². The number of rotatable bonds is 5. The molecule has 1 aliphatic rings. The number of aromatic nitrogens is 2. The van der Waals surface area contributed by atoms with Gasteiger partial charge in [-0.2, -0.15) is 0 Å². The lowest BCUT2D eigenvalue weighted by Gasteiger charge is -2.23. The molecular formula is C24H22FN3O2S. The van der Waals surface area contributed by atoms with Crippen molar-refractivity contribution in [2.75, 3.05) is 18.9 Å². The summed E-state index contributed by atoms with van der Waals surface area (Å²) in [5.41, 5.74) is 10.7. The van der Waals surface area contributed by atoms with Crippen LogP contribution in [0.2, 0.25) is 0 Å². The molecule has 0 spiro atoms. The Morgan fingerprint density at radius 1 is 1.00 bits per heavy atom. The number of halogens is 1. The highest BCUT2D eigenvalue weighted by Crippen LogP contribution is 2.34. The minimum Gasteiger partial charge on any atom is -0.399 e. The molecule has 158 valence electrons. The number of ether oxygens (including phenoxy) is 2. The Balaban J connectivity index is 1.37. The fraction of sp³-hybridized carbons (Fsp3) is 0.250. The maximum Gasteiger partial charge on any atom is 0.185 e. The summed E-state index contributed by atoms with van der Waals surface area (Å²) in [5.74, 6) is -0.257. The van der Waals surface area contributed by atoms with Gasteiger partial charge in [0.25, 0.3) is 0 Å². The molecule has 5 nitrogen and oxygen atoms in total. The van der Waals surface area contributed by atoms with E-state index in [1.807, 2.05) is 30.6 Å². The number of hydrogen-bond donors (Lipinski definition) is 1. The van der Waals surface area contributed by atoms with Crippen LogP contribution >= 0.6 is 11.3 Å². The van der Waals surface area contributed by atoms with Crippen LogP contribution in [0.4, 0.5) is 10.1 Å². The first-order valence-electron chi connectivity index (χ1n) is 10.3. The van der Waals surface area contributed by atoms with Crippen LogP contribution in [0.25, 0.3) is 20.8 Å². The number of hydrogen-bond acceptors (Lipinski definition) is 6. The fourth-order valence-corrected chi connectivity index (χ4v) is 4.85. The number of anilines is 1. The summed E-state index contributed by atoms with van der Waals surface area (Å²) in [5, 5.41) is 0. The molecule has 1 fully saturated rings. The second kappa shape index (κ2) is 8.70. The van der Waals surface area contributed by atoms with Crippen LogP contribution in [0, 0.1) is 5.82 Å². The largest absolute Gasteiger partial charge is 0.399 e. The molecule has 31 heavy (non-hydrogen) atoms. The number of fused-ring (bicyclic) bond motifs is 1. The van der Waals surface area contributed by atoms with Gasteiger partial charge in [0.2, 0.25) is 0 Å². The number of aryl methyl sites for hydroxylation is 2. The molecule has 0 radical (unpaired) electrons. The molecule has 3 aromatic heterocycles. The summed E-state index contributed by atoms with van der Waals surface area (Å²) in [6.07, 6.45) is 5.54. The molecule has 2 N–H and O–H groups in total. The summed E-state index contributed by atoms with van der Waals surface area (Å²) in [7, 11) is 0. The monoisotopic (exact) mass is 435 g/mol. The van der Waals surface area contributed by atoms with Crippen molar-refractivity contribution < 1.29 is 13.9 Å². The van der Waals surface area contributed by atoms with E-state index in [2.05, 4.69) is 16.0 Å². The molecular weight excluding hydrogens is 413 g/mol. The summed E-state index contributed by atoms with van der Waals surface area (Å²) >= 11 is 1.66. The van der Waals surface area contributed by atoms with Crippen LogP contribution < -0.4 is 5.73 Å². The zero-order valence-corrected chi connectivity index (χ0v) is 17.7. The Bertz CT molecular complexity index is 1200. The fourth-order valence-electron chi connectivity index (χ4n) is 3.72. The van der Waals surface area contributed by atoms with E-state index in [1.165, 1.54) is 6.07 Å². The predicted molar refractivity (Wildman–Crippen MR) is 120 cm³/mol. The average Bonchev–Trinajstić information content (AvgIpc) is 3.24. The molecule has 4 aromatic rings. The molecule has 1 aliphatic heterocycles. The van der Waals surface area contributed by atoms with Gasteiger partial charge in [0.1, 0.15) is 5.82 Å². The minimum absolute atomic E-state index is 0.257. The van der Waals surface area contributed by atoms with E-state index in [4.69, 9.17) is 15.2 Å². The summed E-state index contributed by atoms with van der Waals surface area (Å²) < 4.78 is 26.5. The molecule has 1 saturated heterocycles. The van der Waals surface area contributed by atoms with E-state index >= 15 is 0 Å².